The quantitative estimate of drug-likeness (QED) is 0.717. The van der Waals surface area contributed by atoms with Gasteiger partial charge in [-0.15, -0.1) is 0 Å². The van der Waals surface area contributed by atoms with Crippen molar-refractivity contribution in [3.63, 3.8) is 0 Å². The highest BCUT2D eigenvalue weighted by Gasteiger charge is 2.76. The SMILES string of the molecule is C[C@]12CC[C@@H]3c4ccc(C5CCCN5S(=O)(=O)O)cc4CC[C@H]3[C@@]13C[C@H]3C[C@@H]2O. The van der Waals surface area contributed by atoms with Crippen molar-refractivity contribution < 1.29 is 18.1 Å². The van der Waals surface area contributed by atoms with Crippen molar-refractivity contribution in [3.8, 4) is 0 Å². The van der Waals surface area contributed by atoms with Gasteiger partial charge in [-0.05, 0) is 96.6 Å². The van der Waals surface area contributed by atoms with Crippen molar-refractivity contribution in [1.82, 2.24) is 4.31 Å². The van der Waals surface area contributed by atoms with E-state index < -0.39 is 10.3 Å². The standard InChI is InChI=1S/C23H31NO4S/c1-22-9-8-18-17-6-4-15(20-3-2-10-24(20)29(26,27)28)11-14(17)5-7-19(18)23(22)13-16(23)12-21(22)25/h4,6,11,16,18-21,25H,2-3,5,7-10,12-13H2,1H3,(H,26,27,28)/t16-,18-,19-,20?,21+,22-,23+/m1/s1. The van der Waals surface area contributed by atoms with E-state index in [9.17, 15) is 18.1 Å². The number of aliphatic hydroxyl groups excluding tert-OH is 1. The lowest BCUT2D eigenvalue weighted by Crippen LogP contribution is -2.47. The molecule has 4 fully saturated rings. The van der Waals surface area contributed by atoms with Gasteiger partial charge in [0.15, 0.2) is 0 Å². The molecular weight excluding hydrogens is 386 g/mol. The Labute approximate surface area is 173 Å². The maximum absolute atomic E-state index is 11.8. The highest BCUT2D eigenvalue weighted by atomic mass is 32.2. The van der Waals surface area contributed by atoms with Crippen LogP contribution in [0.15, 0.2) is 18.2 Å². The number of hydrogen-bond donors (Lipinski definition) is 2. The minimum absolute atomic E-state index is 0.107. The average molecular weight is 418 g/mol. The van der Waals surface area contributed by atoms with E-state index in [4.69, 9.17) is 0 Å². The van der Waals surface area contributed by atoms with E-state index in [1.54, 1.807) is 0 Å². The Morgan fingerprint density at radius 3 is 2.83 bits per heavy atom. The smallest absolute Gasteiger partial charge is 0.336 e. The molecule has 5 aliphatic rings. The fourth-order valence-electron chi connectivity index (χ4n) is 8.38. The molecule has 1 saturated heterocycles. The third kappa shape index (κ3) is 2.35. The summed E-state index contributed by atoms with van der Waals surface area (Å²) < 4.78 is 34.4. The third-order valence-corrected chi connectivity index (χ3v) is 10.8. The molecule has 0 amide bonds. The van der Waals surface area contributed by atoms with Gasteiger partial charge in [-0.1, -0.05) is 25.1 Å². The average Bonchev–Trinajstić information content (AvgIpc) is 3.08. The number of hydrogen-bond acceptors (Lipinski definition) is 3. The number of aryl methyl sites for hydroxylation is 1. The Hall–Kier alpha value is -0.950. The second kappa shape index (κ2) is 5.84. The Morgan fingerprint density at radius 2 is 2.03 bits per heavy atom. The van der Waals surface area contributed by atoms with Crippen molar-refractivity contribution in [1.29, 1.82) is 0 Å². The third-order valence-electron chi connectivity index (χ3n) is 9.76. The lowest BCUT2D eigenvalue weighted by Gasteiger charge is -2.52. The van der Waals surface area contributed by atoms with Crippen LogP contribution in [0.5, 0.6) is 0 Å². The maximum atomic E-state index is 11.8. The largest absolute Gasteiger partial charge is 0.393 e. The molecule has 1 aliphatic heterocycles. The van der Waals surface area contributed by atoms with Crippen molar-refractivity contribution in [2.45, 2.75) is 76.4 Å². The molecule has 1 heterocycles. The molecule has 29 heavy (non-hydrogen) atoms. The number of aliphatic hydroxyl groups is 1. The van der Waals surface area contributed by atoms with Gasteiger partial charge in [0, 0.05) is 6.54 Å². The highest BCUT2D eigenvalue weighted by Crippen LogP contribution is 2.81. The van der Waals surface area contributed by atoms with Crippen molar-refractivity contribution in [3.05, 3.63) is 34.9 Å². The van der Waals surface area contributed by atoms with Gasteiger partial charge in [0.2, 0.25) is 0 Å². The van der Waals surface area contributed by atoms with Crippen LogP contribution in [0.1, 0.15) is 80.5 Å². The van der Waals surface area contributed by atoms with Gasteiger partial charge in [-0.3, -0.25) is 4.55 Å². The fourth-order valence-corrected chi connectivity index (χ4v) is 9.29. The summed E-state index contributed by atoms with van der Waals surface area (Å²) in [5, 5.41) is 10.7. The number of benzene rings is 1. The normalized spacial score (nSPS) is 46.0. The van der Waals surface area contributed by atoms with E-state index >= 15 is 0 Å². The molecule has 0 aromatic heterocycles. The first-order chi connectivity index (χ1) is 13.8. The molecule has 0 radical (unpaired) electrons. The first-order valence-corrected chi connectivity index (χ1v) is 12.7. The van der Waals surface area contributed by atoms with Crippen LogP contribution in [0, 0.1) is 22.7 Å². The van der Waals surface area contributed by atoms with Crippen LogP contribution in [0.4, 0.5) is 0 Å². The first kappa shape index (κ1) is 18.8. The molecule has 6 heteroatoms. The van der Waals surface area contributed by atoms with Crippen LogP contribution in [0.2, 0.25) is 0 Å². The van der Waals surface area contributed by atoms with Crippen molar-refractivity contribution in [2.75, 3.05) is 6.54 Å². The van der Waals surface area contributed by atoms with Crippen LogP contribution in [0.25, 0.3) is 0 Å². The molecule has 6 rings (SSSR count). The van der Waals surface area contributed by atoms with Gasteiger partial charge >= 0.3 is 10.3 Å². The van der Waals surface area contributed by atoms with Crippen LogP contribution in [-0.2, 0) is 16.7 Å². The Bertz CT molecular complexity index is 977. The predicted octanol–water partition coefficient (Wildman–Crippen LogP) is 3.84. The Kier molecular flexibility index (Phi) is 3.79. The van der Waals surface area contributed by atoms with Gasteiger partial charge in [-0.2, -0.15) is 12.7 Å². The summed E-state index contributed by atoms with van der Waals surface area (Å²) >= 11 is 0. The molecule has 1 aromatic rings. The van der Waals surface area contributed by atoms with Crippen molar-refractivity contribution in [2.24, 2.45) is 22.7 Å². The molecule has 4 aliphatic carbocycles. The molecule has 158 valence electrons. The summed E-state index contributed by atoms with van der Waals surface area (Å²) in [5.74, 6) is 1.98. The zero-order valence-corrected chi connectivity index (χ0v) is 17.9. The Balaban J connectivity index is 1.33. The van der Waals surface area contributed by atoms with E-state index in [1.165, 1.54) is 28.3 Å². The molecule has 3 saturated carbocycles. The van der Waals surface area contributed by atoms with Crippen LogP contribution in [0.3, 0.4) is 0 Å². The number of nitrogens with zero attached hydrogens (tertiary/aromatic N) is 1. The predicted molar refractivity (Wildman–Crippen MR) is 110 cm³/mol. The highest BCUT2D eigenvalue weighted by molar-refractivity contribution is 7.83. The summed E-state index contributed by atoms with van der Waals surface area (Å²) in [6.07, 6.45) is 8.24. The molecule has 1 unspecified atom stereocenters. The monoisotopic (exact) mass is 417 g/mol. The minimum atomic E-state index is -4.16. The zero-order chi connectivity index (χ0) is 20.2. The summed E-state index contributed by atoms with van der Waals surface area (Å²) in [6.45, 7) is 2.75. The molecule has 2 N–H and O–H groups in total. The topological polar surface area (TPSA) is 77.8 Å². The minimum Gasteiger partial charge on any atom is -0.393 e. The molecular formula is C23H31NO4S. The van der Waals surface area contributed by atoms with E-state index in [1.807, 2.05) is 0 Å². The number of fused-ring (bicyclic) bond motifs is 3. The van der Waals surface area contributed by atoms with E-state index in [-0.39, 0.29) is 17.6 Å². The summed E-state index contributed by atoms with van der Waals surface area (Å²) in [7, 11) is -4.16. The van der Waals surface area contributed by atoms with Crippen LogP contribution >= 0.6 is 0 Å². The van der Waals surface area contributed by atoms with Gasteiger partial charge in [0.1, 0.15) is 0 Å². The maximum Gasteiger partial charge on any atom is 0.336 e. The fraction of sp³-hybridized carbons (Fsp3) is 0.739. The van der Waals surface area contributed by atoms with E-state index in [2.05, 4.69) is 25.1 Å². The summed E-state index contributed by atoms with van der Waals surface area (Å²) in [5.41, 5.74) is 4.33. The van der Waals surface area contributed by atoms with Crippen LogP contribution < -0.4 is 0 Å². The van der Waals surface area contributed by atoms with Crippen molar-refractivity contribution >= 4 is 10.3 Å². The second-order valence-electron chi connectivity index (χ2n) is 10.6. The molecule has 1 aromatic carbocycles. The van der Waals surface area contributed by atoms with Gasteiger partial charge in [-0.25, -0.2) is 0 Å². The lowest BCUT2D eigenvalue weighted by molar-refractivity contribution is -0.0558. The molecule has 5 nitrogen and oxygen atoms in total. The lowest BCUT2D eigenvalue weighted by atomic mass is 9.52. The molecule has 1 spiro atoms. The second-order valence-corrected chi connectivity index (χ2v) is 12.0. The van der Waals surface area contributed by atoms with E-state index in [0.717, 1.165) is 50.0 Å². The molecule has 0 bridgehead atoms. The number of rotatable bonds is 2. The summed E-state index contributed by atoms with van der Waals surface area (Å²) in [6, 6.07) is 6.34. The van der Waals surface area contributed by atoms with Gasteiger partial charge < -0.3 is 5.11 Å². The molecule has 7 atom stereocenters. The first-order valence-electron chi connectivity index (χ1n) is 11.3. The Morgan fingerprint density at radius 1 is 1.21 bits per heavy atom. The van der Waals surface area contributed by atoms with Crippen LogP contribution in [-0.4, -0.2) is 35.0 Å². The summed E-state index contributed by atoms with van der Waals surface area (Å²) in [4.78, 5) is 0. The van der Waals surface area contributed by atoms with E-state index in [0.29, 0.717) is 23.8 Å². The van der Waals surface area contributed by atoms with Gasteiger partial charge in [0.05, 0.1) is 12.1 Å². The zero-order valence-electron chi connectivity index (χ0n) is 17.0. The van der Waals surface area contributed by atoms with Gasteiger partial charge in [0.25, 0.3) is 0 Å².